The highest BCUT2D eigenvalue weighted by Gasteiger charge is 2.17. The van der Waals surface area contributed by atoms with E-state index in [2.05, 4.69) is 71.5 Å². The zero-order chi connectivity index (χ0) is 27.6. The van der Waals surface area contributed by atoms with E-state index in [0.29, 0.717) is 0 Å². The van der Waals surface area contributed by atoms with Crippen LogP contribution in [0, 0.1) is 0 Å². The average molecular weight is 537 g/mol. The van der Waals surface area contributed by atoms with Gasteiger partial charge in [0.05, 0.1) is 34.5 Å². The third-order valence-electron chi connectivity index (χ3n) is 7.89. The van der Waals surface area contributed by atoms with Crippen LogP contribution in [0.3, 0.4) is 0 Å². The van der Waals surface area contributed by atoms with E-state index in [1.165, 1.54) is 64.2 Å². The topological polar surface area (TPSA) is 61.4 Å². The molecule has 210 valence electrons. The number of hydrogen-bond acceptors (Lipinski definition) is 4. The number of benzene rings is 2. The van der Waals surface area contributed by atoms with E-state index in [1.54, 1.807) is 0 Å². The molecule has 0 aliphatic heterocycles. The first kappa shape index (κ1) is 28.0. The molecule has 5 rings (SSSR count). The number of unbranched alkanes of at least 4 members (excludes halogenated alkanes) is 10. The summed E-state index contributed by atoms with van der Waals surface area (Å²) in [4.78, 5) is 19.7. The molecule has 6 heteroatoms. The van der Waals surface area contributed by atoms with Crippen LogP contribution in [0.5, 0.6) is 0 Å². The highest BCUT2D eigenvalue weighted by molar-refractivity contribution is 5.81. The molecule has 0 N–H and O–H groups in total. The first-order chi connectivity index (χ1) is 19.8. The molecule has 0 aliphatic rings. The Labute approximate surface area is 238 Å². The summed E-state index contributed by atoms with van der Waals surface area (Å²) in [5.41, 5.74) is 5.97. The van der Waals surface area contributed by atoms with Gasteiger partial charge in [0.15, 0.2) is 11.6 Å². The van der Waals surface area contributed by atoms with Crippen molar-refractivity contribution in [2.24, 2.45) is 0 Å². The Bertz CT molecular complexity index is 1370. The molecule has 0 spiro atoms. The van der Waals surface area contributed by atoms with Gasteiger partial charge in [0.25, 0.3) is 0 Å². The Morgan fingerprint density at radius 2 is 0.900 bits per heavy atom. The first-order valence-electron chi connectivity index (χ1n) is 15.5. The maximum Gasteiger partial charge on any atom is 0.161 e. The van der Waals surface area contributed by atoms with Crippen molar-refractivity contribution in [3.05, 3.63) is 60.9 Å². The molecule has 0 saturated heterocycles. The summed E-state index contributed by atoms with van der Waals surface area (Å²) < 4.78 is 4.65. The number of rotatable bonds is 16. The van der Waals surface area contributed by atoms with Gasteiger partial charge in [-0.05, 0) is 37.1 Å². The van der Waals surface area contributed by atoms with Gasteiger partial charge in [-0.3, -0.25) is 0 Å². The largest absolute Gasteiger partial charge is 0.323 e. The standard InChI is InChI=1S/C34H44N6/c1-3-5-7-9-11-17-23-39-31-21-15-13-19-27(31)37-33(39)29-25-36-30(26-35-29)34-38-28-20-14-16-22-32(28)40(34)24-18-12-10-8-6-4-2/h13-16,19-22,25-26H,3-12,17-18,23-24H2,1-2H3. The minimum atomic E-state index is 0.810. The molecule has 2 aromatic carbocycles. The van der Waals surface area contributed by atoms with Crippen LogP contribution in [0.2, 0.25) is 0 Å². The van der Waals surface area contributed by atoms with Crippen LogP contribution in [-0.4, -0.2) is 29.1 Å². The molecule has 5 aromatic rings. The van der Waals surface area contributed by atoms with Crippen molar-refractivity contribution in [1.29, 1.82) is 0 Å². The third kappa shape index (κ3) is 6.60. The molecule has 0 radical (unpaired) electrons. The number of hydrogen-bond donors (Lipinski definition) is 0. The predicted octanol–water partition coefficient (Wildman–Crippen LogP) is 9.23. The summed E-state index contributed by atoms with van der Waals surface area (Å²) in [7, 11) is 0. The summed E-state index contributed by atoms with van der Waals surface area (Å²) in [5, 5.41) is 0. The van der Waals surface area contributed by atoms with Crippen molar-refractivity contribution in [2.75, 3.05) is 0 Å². The Morgan fingerprint density at radius 3 is 1.32 bits per heavy atom. The Hall–Kier alpha value is -3.54. The van der Waals surface area contributed by atoms with Gasteiger partial charge in [-0.2, -0.15) is 0 Å². The molecular formula is C34H44N6. The lowest BCUT2D eigenvalue weighted by Gasteiger charge is -2.11. The molecule has 0 saturated carbocycles. The van der Waals surface area contributed by atoms with Gasteiger partial charge in [-0.25, -0.2) is 19.9 Å². The number of aryl methyl sites for hydroxylation is 2. The summed E-state index contributed by atoms with van der Waals surface area (Å²) in [6.45, 7) is 6.42. The van der Waals surface area contributed by atoms with Crippen molar-refractivity contribution in [1.82, 2.24) is 29.1 Å². The molecule has 0 amide bonds. The van der Waals surface area contributed by atoms with Crippen molar-refractivity contribution >= 4 is 22.1 Å². The van der Waals surface area contributed by atoms with Gasteiger partial charge in [0.2, 0.25) is 0 Å². The monoisotopic (exact) mass is 536 g/mol. The summed E-state index contributed by atoms with van der Waals surface area (Å²) in [5.74, 6) is 1.80. The van der Waals surface area contributed by atoms with Gasteiger partial charge in [0.1, 0.15) is 11.4 Å². The van der Waals surface area contributed by atoms with E-state index in [-0.39, 0.29) is 0 Å². The van der Waals surface area contributed by atoms with E-state index < -0.39 is 0 Å². The molecule has 6 nitrogen and oxygen atoms in total. The fourth-order valence-corrected chi connectivity index (χ4v) is 5.65. The third-order valence-corrected chi connectivity index (χ3v) is 7.89. The zero-order valence-corrected chi connectivity index (χ0v) is 24.4. The molecule has 40 heavy (non-hydrogen) atoms. The lowest BCUT2D eigenvalue weighted by molar-refractivity contribution is 0.565. The van der Waals surface area contributed by atoms with E-state index in [4.69, 9.17) is 19.9 Å². The van der Waals surface area contributed by atoms with Crippen LogP contribution in [0.4, 0.5) is 0 Å². The zero-order valence-electron chi connectivity index (χ0n) is 24.4. The maximum atomic E-state index is 4.98. The SMILES string of the molecule is CCCCCCCCn1c(-c2cnc(-c3nc4ccccc4n3CCCCCCCC)cn2)nc2ccccc21. The Morgan fingerprint density at radius 1 is 0.500 bits per heavy atom. The van der Waals surface area contributed by atoms with Crippen molar-refractivity contribution in [2.45, 2.75) is 104 Å². The number of nitrogens with zero attached hydrogens (tertiary/aromatic N) is 6. The Balaban J connectivity index is 1.37. The fraction of sp³-hybridized carbons (Fsp3) is 0.471. The van der Waals surface area contributed by atoms with Gasteiger partial charge in [-0.15, -0.1) is 0 Å². The van der Waals surface area contributed by atoms with Crippen molar-refractivity contribution in [3.8, 4) is 23.0 Å². The smallest absolute Gasteiger partial charge is 0.161 e. The van der Waals surface area contributed by atoms with Crippen LogP contribution in [0.15, 0.2) is 60.9 Å². The molecule has 0 unspecified atom stereocenters. The highest BCUT2D eigenvalue weighted by Crippen LogP contribution is 2.27. The second-order valence-electron chi connectivity index (χ2n) is 11.0. The van der Waals surface area contributed by atoms with Crippen molar-refractivity contribution in [3.63, 3.8) is 0 Å². The lowest BCUT2D eigenvalue weighted by Crippen LogP contribution is -2.04. The highest BCUT2D eigenvalue weighted by atomic mass is 15.1. The first-order valence-corrected chi connectivity index (χ1v) is 15.5. The number of imidazole rings is 2. The molecule has 0 aliphatic carbocycles. The predicted molar refractivity (Wildman–Crippen MR) is 166 cm³/mol. The quantitative estimate of drug-likeness (QED) is 0.118. The number of para-hydroxylation sites is 4. The van der Waals surface area contributed by atoms with E-state index >= 15 is 0 Å². The minimum absolute atomic E-state index is 0.810. The van der Waals surface area contributed by atoms with Crippen LogP contribution < -0.4 is 0 Å². The second kappa shape index (κ2) is 14.2. The summed E-state index contributed by atoms with van der Waals surface area (Å²) in [6.07, 6.45) is 19.0. The summed E-state index contributed by atoms with van der Waals surface area (Å²) >= 11 is 0. The van der Waals surface area contributed by atoms with Gasteiger partial charge in [0, 0.05) is 13.1 Å². The molecular weight excluding hydrogens is 492 g/mol. The van der Waals surface area contributed by atoms with Crippen LogP contribution in [0.25, 0.3) is 45.1 Å². The Kier molecular flexibility index (Phi) is 9.94. The molecule has 3 aromatic heterocycles. The average Bonchev–Trinajstić information content (AvgIpc) is 3.55. The van der Waals surface area contributed by atoms with E-state index in [0.717, 1.165) is 71.0 Å². The molecule has 0 bridgehead atoms. The number of fused-ring (bicyclic) bond motifs is 2. The minimum Gasteiger partial charge on any atom is -0.323 e. The molecule has 0 fully saturated rings. The normalized spacial score (nSPS) is 11.7. The van der Waals surface area contributed by atoms with Crippen molar-refractivity contribution < 1.29 is 0 Å². The molecule has 0 atom stereocenters. The van der Waals surface area contributed by atoms with Gasteiger partial charge < -0.3 is 9.13 Å². The maximum absolute atomic E-state index is 4.98. The lowest BCUT2D eigenvalue weighted by atomic mass is 10.1. The number of aromatic nitrogens is 6. The summed E-state index contributed by atoms with van der Waals surface area (Å²) in [6, 6.07) is 16.8. The van der Waals surface area contributed by atoms with Crippen LogP contribution in [-0.2, 0) is 13.1 Å². The van der Waals surface area contributed by atoms with E-state index in [9.17, 15) is 0 Å². The second-order valence-corrected chi connectivity index (χ2v) is 11.0. The van der Waals surface area contributed by atoms with E-state index in [1.807, 2.05) is 12.4 Å². The molecule has 3 heterocycles. The van der Waals surface area contributed by atoms with Gasteiger partial charge in [-0.1, -0.05) is 102 Å². The van der Waals surface area contributed by atoms with Gasteiger partial charge >= 0.3 is 0 Å². The van der Waals surface area contributed by atoms with Crippen LogP contribution in [0.1, 0.15) is 90.9 Å². The fourth-order valence-electron chi connectivity index (χ4n) is 5.65. The van der Waals surface area contributed by atoms with Crippen LogP contribution >= 0.6 is 0 Å².